The van der Waals surface area contributed by atoms with Crippen LogP contribution in [0.3, 0.4) is 0 Å². The Bertz CT molecular complexity index is 624. The number of hydrogen-bond acceptors (Lipinski definition) is 4. The number of benzene rings is 1. The molecule has 1 saturated heterocycles. The standard InChI is InChI=1S/C14H15ClN4O/c15-12-4-2-1-3-11(12)14(18-6-5-17-10-18)13-9-19(16)7-8-20-13/h1-6,10H,7-9,16H2. The summed E-state index contributed by atoms with van der Waals surface area (Å²) in [6.45, 7) is 1.82. The van der Waals surface area contributed by atoms with E-state index in [0.717, 1.165) is 17.0 Å². The predicted octanol–water partition coefficient (Wildman–Crippen LogP) is 1.96. The number of hydrazine groups is 1. The zero-order chi connectivity index (χ0) is 13.9. The lowest BCUT2D eigenvalue weighted by Gasteiger charge is -2.27. The number of ether oxygens (including phenoxy) is 1. The highest BCUT2D eigenvalue weighted by Crippen LogP contribution is 2.29. The molecule has 2 N–H and O–H groups in total. The van der Waals surface area contributed by atoms with E-state index in [1.54, 1.807) is 17.5 Å². The molecule has 5 nitrogen and oxygen atoms in total. The SMILES string of the molecule is NN1CCOC(=C(c2ccccc2Cl)n2ccnc2)C1. The number of imidazole rings is 1. The summed E-state index contributed by atoms with van der Waals surface area (Å²) in [7, 11) is 0. The van der Waals surface area contributed by atoms with Gasteiger partial charge in [-0.15, -0.1) is 0 Å². The fourth-order valence-electron chi connectivity index (χ4n) is 2.22. The van der Waals surface area contributed by atoms with Crippen LogP contribution in [0.15, 0.2) is 48.7 Å². The molecule has 6 heteroatoms. The van der Waals surface area contributed by atoms with Crippen LogP contribution in [-0.4, -0.2) is 34.3 Å². The average molecular weight is 291 g/mol. The maximum Gasteiger partial charge on any atom is 0.136 e. The minimum atomic E-state index is 0.540. The van der Waals surface area contributed by atoms with Crippen molar-refractivity contribution in [2.45, 2.75) is 0 Å². The van der Waals surface area contributed by atoms with Crippen LogP contribution in [0.2, 0.25) is 5.02 Å². The Kier molecular flexibility index (Phi) is 3.73. The second-order valence-electron chi connectivity index (χ2n) is 4.54. The Morgan fingerprint density at radius 3 is 2.90 bits per heavy atom. The summed E-state index contributed by atoms with van der Waals surface area (Å²) >= 11 is 6.32. The molecule has 0 amide bonds. The van der Waals surface area contributed by atoms with Gasteiger partial charge in [-0.05, 0) is 6.07 Å². The van der Waals surface area contributed by atoms with Gasteiger partial charge in [0, 0.05) is 24.5 Å². The second kappa shape index (κ2) is 5.66. The molecule has 1 aliphatic rings. The van der Waals surface area contributed by atoms with Crippen molar-refractivity contribution in [2.75, 3.05) is 19.7 Å². The number of nitrogens with two attached hydrogens (primary N) is 1. The summed E-state index contributed by atoms with van der Waals surface area (Å²) in [6, 6.07) is 7.67. The summed E-state index contributed by atoms with van der Waals surface area (Å²) in [6.07, 6.45) is 5.31. The van der Waals surface area contributed by atoms with E-state index in [1.165, 1.54) is 0 Å². The zero-order valence-electron chi connectivity index (χ0n) is 10.9. The van der Waals surface area contributed by atoms with Crippen LogP contribution >= 0.6 is 11.6 Å². The van der Waals surface area contributed by atoms with Crippen molar-refractivity contribution in [3.05, 3.63) is 59.3 Å². The molecule has 1 aromatic heterocycles. The molecule has 3 rings (SSSR count). The lowest BCUT2D eigenvalue weighted by molar-refractivity contribution is 0.0951. The number of hydrogen-bond donors (Lipinski definition) is 1. The van der Waals surface area contributed by atoms with Crippen LogP contribution < -0.4 is 5.84 Å². The smallest absolute Gasteiger partial charge is 0.136 e. The maximum absolute atomic E-state index is 6.32. The second-order valence-corrected chi connectivity index (χ2v) is 4.95. The van der Waals surface area contributed by atoms with Gasteiger partial charge in [-0.2, -0.15) is 0 Å². The van der Waals surface area contributed by atoms with Crippen molar-refractivity contribution in [2.24, 2.45) is 5.84 Å². The molecular formula is C14H15ClN4O. The van der Waals surface area contributed by atoms with Gasteiger partial charge in [0.15, 0.2) is 0 Å². The van der Waals surface area contributed by atoms with Gasteiger partial charge in [0.2, 0.25) is 0 Å². The van der Waals surface area contributed by atoms with E-state index in [0.29, 0.717) is 24.7 Å². The molecule has 0 unspecified atom stereocenters. The summed E-state index contributed by atoms with van der Waals surface area (Å²) in [5.74, 6) is 6.69. The summed E-state index contributed by atoms with van der Waals surface area (Å²) in [5.41, 5.74) is 1.78. The van der Waals surface area contributed by atoms with Gasteiger partial charge in [0.05, 0.1) is 23.6 Å². The fourth-order valence-corrected chi connectivity index (χ4v) is 2.44. The molecule has 2 heterocycles. The lowest BCUT2D eigenvalue weighted by atomic mass is 10.1. The molecule has 0 aliphatic carbocycles. The van der Waals surface area contributed by atoms with E-state index in [4.69, 9.17) is 22.2 Å². The molecule has 0 bridgehead atoms. The van der Waals surface area contributed by atoms with Crippen molar-refractivity contribution in [1.82, 2.24) is 14.6 Å². The van der Waals surface area contributed by atoms with Crippen molar-refractivity contribution in [1.29, 1.82) is 0 Å². The molecule has 1 aliphatic heterocycles. The topological polar surface area (TPSA) is 56.3 Å². The van der Waals surface area contributed by atoms with Gasteiger partial charge in [0.1, 0.15) is 12.4 Å². The highest BCUT2D eigenvalue weighted by Gasteiger charge is 2.20. The van der Waals surface area contributed by atoms with E-state index in [-0.39, 0.29) is 0 Å². The van der Waals surface area contributed by atoms with E-state index in [2.05, 4.69) is 4.98 Å². The first-order valence-electron chi connectivity index (χ1n) is 6.34. The lowest BCUT2D eigenvalue weighted by Crippen LogP contribution is -2.40. The van der Waals surface area contributed by atoms with Gasteiger partial charge >= 0.3 is 0 Å². The summed E-state index contributed by atoms with van der Waals surface area (Å²) < 4.78 is 7.69. The molecular weight excluding hydrogens is 276 g/mol. The number of rotatable bonds is 2. The Morgan fingerprint density at radius 2 is 2.20 bits per heavy atom. The third kappa shape index (κ3) is 2.56. The van der Waals surface area contributed by atoms with E-state index < -0.39 is 0 Å². The van der Waals surface area contributed by atoms with Gasteiger partial charge < -0.3 is 9.30 Å². The van der Waals surface area contributed by atoms with Crippen LogP contribution in [0.4, 0.5) is 0 Å². The molecule has 1 fully saturated rings. The molecule has 0 atom stereocenters. The minimum Gasteiger partial charge on any atom is -0.493 e. The average Bonchev–Trinajstić information content (AvgIpc) is 2.95. The number of nitrogens with zero attached hydrogens (tertiary/aromatic N) is 3. The molecule has 2 aromatic rings. The zero-order valence-corrected chi connectivity index (χ0v) is 11.6. The first-order valence-corrected chi connectivity index (χ1v) is 6.72. The molecule has 0 radical (unpaired) electrons. The predicted molar refractivity (Wildman–Crippen MR) is 77.7 cm³/mol. The van der Waals surface area contributed by atoms with Gasteiger partial charge in [-0.1, -0.05) is 29.8 Å². The van der Waals surface area contributed by atoms with E-state index in [1.807, 2.05) is 35.0 Å². The van der Waals surface area contributed by atoms with Crippen LogP contribution in [0.1, 0.15) is 5.56 Å². The molecule has 0 saturated carbocycles. The van der Waals surface area contributed by atoms with Crippen LogP contribution in [0.25, 0.3) is 5.70 Å². The highest BCUT2D eigenvalue weighted by molar-refractivity contribution is 6.32. The van der Waals surface area contributed by atoms with E-state index >= 15 is 0 Å². The highest BCUT2D eigenvalue weighted by atomic mass is 35.5. The summed E-state index contributed by atoms with van der Waals surface area (Å²) in [5, 5.41) is 2.40. The normalized spacial score (nSPS) is 18.7. The first-order chi connectivity index (χ1) is 9.75. The molecule has 0 spiro atoms. The number of morpholine rings is 1. The minimum absolute atomic E-state index is 0.540. The molecule has 20 heavy (non-hydrogen) atoms. The Labute approximate surface area is 122 Å². The first kappa shape index (κ1) is 13.2. The Morgan fingerprint density at radius 1 is 1.35 bits per heavy atom. The third-order valence-corrected chi connectivity index (χ3v) is 3.49. The van der Waals surface area contributed by atoms with Crippen molar-refractivity contribution < 1.29 is 4.74 Å². The molecule has 1 aromatic carbocycles. The van der Waals surface area contributed by atoms with Gasteiger partial charge in [0.25, 0.3) is 0 Å². The fraction of sp³-hybridized carbons (Fsp3) is 0.214. The number of aromatic nitrogens is 2. The Balaban J connectivity index is 2.14. The van der Waals surface area contributed by atoms with Gasteiger partial charge in [-0.3, -0.25) is 5.84 Å². The van der Waals surface area contributed by atoms with Crippen LogP contribution in [-0.2, 0) is 4.74 Å². The largest absolute Gasteiger partial charge is 0.493 e. The number of halogens is 1. The summed E-state index contributed by atoms with van der Waals surface area (Å²) in [4.78, 5) is 4.10. The monoisotopic (exact) mass is 290 g/mol. The maximum atomic E-state index is 6.32. The quantitative estimate of drug-likeness (QED) is 0.859. The van der Waals surface area contributed by atoms with Crippen LogP contribution in [0, 0.1) is 0 Å². The van der Waals surface area contributed by atoms with Crippen molar-refractivity contribution in [3.8, 4) is 0 Å². The Hall–Kier alpha value is -1.82. The van der Waals surface area contributed by atoms with Gasteiger partial charge in [-0.25, -0.2) is 9.99 Å². The van der Waals surface area contributed by atoms with E-state index in [9.17, 15) is 0 Å². The van der Waals surface area contributed by atoms with Crippen molar-refractivity contribution >= 4 is 17.3 Å². The third-order valence-electron chi connectivity index (χ3n) is 3.16. The van der Waals surface area contributed by atoms with Crippen molar-refractivity contribution in [3.63, 3.8) is 0 Å². The molecule has 104 valence electrons. The van der Waals surface area contributed by atoms with Crippen LogP contribution in [0.5, 0.6) is 0 Å².